The Balaban J connectivity index is 1.84. The van der Waals surface area contributed by atoms with Crippen LogP contribution >= 0.6 is 0 Å². The molecule has 35 heavy (non-hydrogen) atoms. The zero-order valence-electron chi connectivity index (χ0n) is 21.8. The molecular formula is C27H37N3O4Si. The number of carbonyl (C=O) groups is 2. The van der Waals surface area contributed by atoms with Crippen molar-refractivity contribution in [2.75, 3.05) is 6.61 Å². The van der Waals surface area contributed by atoms with Crippen molar-refractivity contribution < 1.29 is 18.8 Å². The first-order valence-electron chi connectivity index (χ1n) is 11.8. The number of nitrogens with one attached hydrogen (secondary N) is 1. The van der Waals surface area contributed by atoms with E-state index >= 15 is 0 Å². The number of hydrogen-bond donors (Lipinski definition) is 2. The van der Waals surface area contributed by atoms with Gasteiger partial charge in [-0.25, -0.2) is 0 Å². The molecule has 0 saturated heterocycles. The average Bonchev–Trinajstić information content (AvgIpc) is 3.11. The largest absolute Gasteiger partial charge is 0.487 e. The second-order valence-corrected chi connectivity index (χ2v) is 15.6. The molecule has 0 aliphatic heterocycles. The minimum absolute atomic E-state index is 0.0123. The van der Waals surface area contributed by atoms with E-state index < -0.39 is 25.7 Å². The predicted molar refractivity (Wildman–Crippen MR) is 141 cm³/mol. The van der Waals surface area contributed by atoms with Gasteiger partial charge < -0.3 is 24.6 Å². The van der Waals surface area contributed by atoms with Crippen LogP contribution in [0.5, 0.6) is 5.75 Å². The number of fused-ring (bicyclic) bond motifs is 1. The Morgan fingerprint density at radius 2 is 1.71 bits per heavy atom. The van der Waals surface area contributed by atoms with Gasteiger partial charge in [-0.2, -0.15) is 0 Å². The van der Waals surface area contributed by atoms with Gasteiger partial charge >= 0.3 is 0 Å². The van der Waals surface area contributed by atoms with Crippen LogP contribution in [-0.4, -0.2) is 36.7 Å². The minimum Gasteiger partial charge on any atom is -0.487 e. The highest BCUT2D eigenvalue weighted by atomic mass is 28.4. The molecular weight excluding hydrogens is 458 g/mol. The molecule has 0 fully saturated rings. The summed E-state index contributed by atoms with van der Waals surface area (Å²) < 4.78 is 14.0. The quantitative estimate of drug-likeness (QED) is 0.416. The second kappa shape index (κ2) is 9.87. The molecule has 7 nitrogen and oxygen atoms in total. The number of ether oxygens (including phenoxy) is 1. The van der Waals surface area contributed by atoms with Crippen molar-refractivity contribution in [3.05, 3.63) is 71.5 Å². The van der Waals surface area contributed by atoms with Crippen molar-refractivity contribution in [2.45, 2.75) is 64.9 Å². The summed E-state index contributed by atoms with van der Waals surface area (Å²) in [4.78, 5) is 25.9. The third-order valence-electron chi connectivity index (χ3n) is 6.86. The molecule has 2 amide bonds. The van der Waals surface area contributed by atoms with E-state index in [2.05, 4.69) is 39.2 Å². The highest BCUT2D eigenvalue weighted by Crippen LogP contribution is 2.37. The summed E-state index contributed by atoms with van der Waals surface area (Å²) >= 11 is 0. The number of carbonyl (C=O) groups excluding carboxylic acids is 2. The standard InChI is InChI=1S/C27H37N3O4Si/c1-19-15-21-13-14-22(33-17-20-11-9-8-10-12-20)16-30(21)23(19)24(31)29-27(5,25(28)32)18-34-35(6,7)26(2,3)4/h8-16H,17-18H2,1-7H3,(H2,28,32)(H,29,31). The van der Waals surface area contributed by atoms with E-state index in [4.69, 9.17) is 14.9 Å². The van der Waals surface area contributed by atoms with E-state index in [9.17, 15) is 9.59 Å². The summed E-state index contributed by atoms with van der Waals surface area (Å²) in [7, 11) is -2.16. The predicted octanol–water partition coefficient (Wildman–Crippen LogP) is 4.82. The molecule has 0 aliphatic rings. The number of pyridine rings is 1. The Morgan fingerprint density at radius 1 is 1.06 bits per heavy atom. The lowest BCUT2D eigenvalue weighted by Crippen LogP contribution is -2.60. The summed E-state index contributed by atoms with van der Waals surface area (Å²) in [6.45, 7) is 14.4. The number of aromatic nitrogens is 1. The first kappa shape index (κ1) is 26.5. The minimum atomic E-state index is -2.16. The van der Waals surface area contributed by atoms with Gasteiger partial charge in [0, 0.05) is 5.52 Å². The third-order valence-corrected chi connectivity index (χ3v) is 11.3. The highest BCUT2D eigenvalue weighted by molar-refractivity contribution is 6.74. The summed E-state index contributed by atoms with van der Waals surface area (Å²) in [5, 5.41) is 2.81. The Kier molecular flexibility index (Phi) is 7.47. The number of amides is 2. The van der Waals surface area contributed by atoms with Crippen LogP contribution in [0.1, 0.15) is 49.3 Å². The number of primary amides is 1. The third kappa shape index (κ3) is 5.94. The van der Waals surface area contributed by atoms with Crippen molar-refractivity contribution in [2.24, 2.45) is 5.73 Å². The maximum atomic E-state index is 13.4. The summed E-state index contributed by atoms with van der Waals surface area (Å²) in [6.07, 6.45) is 1.79. The highest BCUT2D eigenvalue weighted by Gasteiger charge is 2.42. The lowest BCUT2D eigenvalue weighted by molar-refractivity contribution is -0.124. The number of rotatable bonds is 9. The molecule has 0 spiro atoms. The zero-order valence-corrected chi connectivity index (χ0v) is 22.8. The maximum absolute atomic E-state index is 13.4. The molecule has 1 aromatic carbocycles. The van der Waals surface area contributed by atoms with Gasteiger partial charge in [-0.15, -0.1) is 0 Å². The number of aryl methyl sites for hydroxylation is 1. The van der Waals surface area contributed by atoms with E-state index in [1.54, 1.807) is 17.5 Å². The van der Waals surface area contributed by atoms with Gasteiger partial charge in [-0.3, -0.25) is 9.59 Å². The van der Waals surface area contributed by atoms with Gasteiger partial charge in [0.1, 0.15) is 23.6 Å². The van der Waals surface area contributed by atoms with Crippen LogP contribution in [-0.2, 0) is 15.8 Å². The molecule has 0 aliphatic carbocycles. The van der Waals surface area contributed by atoms with Crippen LogP contribution in [0.2, 0.25) is 18.1 Å². The molecule has 188 valence electrons. The van der Waals surface area contributed by atoms with Crippen LogP contribution in [0.25, 0.3) is 5.52 Å². The van der Waals surface area contributed by atoms with Gasteiger partial charge in [0.25, 0.3) is 5.91 Å². The van der Waals surface area contributed by atoms with E-state index in [0.717, 1.165) is 16.6 Å². The molecule has 2 heterocycles. The van der Waals surface area contributed by atoms with Crippen molar-refractivity contribution >= 4 is 25.6 Å². The number of hydrogen-bond acceptors (Lipinski definition) is 4. The van der Waals surface area contributed by atoms with Crippen LogP contribution in [0, 0.1) is 6.92 Å². The maximum Gasteiger partial charge on any atom is 0.269 e. The second-order valence-electron chi connectivity index (χ2n) is 10.8. The Morgan fingerprint density at radius 3 is 2.31 bits per heavy atom. The molecule has 8 heteroatoms. The van der Waals surface area contributed by atoms with Crippen LogP contribution in [0.15, 0.2) is 54.7 Å². The number of nitrogens with zero attached hydrogens (tertiary/aromatic N) is 1. The fourth-order valence-corrected chi connectivity index (χ4v) is 4.50. The Hall–Kier alpha value is -3.10. The van der Waals surface area contributed by atoms with E-state index in [0.29, 0.717) is 18.1 Å². The average molecular weight is 496 g/mol. The Bertz CT molecular complexity index is 1210. The first-order valence-corrected chi connectivity index (χ1v) is 14.7. The lowest BCUT2D eigenvalue weighted by atomic mass is 10.0. The molecule has 3 rings (SSSR count). The monoisotopic (exact) mass is 495 g/mol. The first-order chi connectivity index (χ1) is 16.2. The fourth-order valence-electron chi connectivity index (χ4n) is 3.42. The fraction of sp³-hybridized carbons (Fsp3) is 0.407. The smallest absolute Gasteiger partial charge is 0.269 e. The molecule has 0 saturated carbocycles. The molecule has 0 bridgehead atoms. The SMILES string of the molecule is Cc1cc2ccc(OCc3ccccc3)cn2c1C(=O)NC(C)(CO[Si](C)(C)C(C)(C)C)C(N)=O. The Labute approximate surface area is 208 Å². The van der Waals surface area contributed by atoms with E-state index in [1.807, 2.05) is 55.5 Å². The number of benzene rings is 1. The molecule has 1 atom stereocenters. The molecule has 1 unspecified atom stereocenters. The van der Waals surface area contributed by atoms with E-state index in [1.165, 1.54) is 0 Å². The summed E-state index contributed by atoms with van der Waals surface area (Å²) in [5.74, 6) is -0.414. The lowest BCUT2D eigenvalue weighted by Gasteiger charge is -2.39. The van der Waals surface area contributed by atoms with Crippen molar-refractivity contribution in [3.63, 3.8) is 0 Å². The van der Waals surface area contributed by atoms with Gasteiger partial charge in [-0.05, 0) is 61.3 Å². The summed E-state index contributed by atoms with van der Waals surface area (Å²) in [5.41, 5.74) is 7.47. The van der Waals surface area contributed by atoms with Gasteiger partial charge in [-0.1, -0.05) is 51.1 Å². The van der Waals surface area contributed by atoms with Crippen molar-refractivity contribution in [1.82, 2.24) is 9.72 Å². The molecule has 3 aromatic rings. The number of nitrogens with two attached hydrogens (primary N) is 1. The van der Waals surface area contributed by atoms with Crippen LogP contribution < -0.4 is 15.8 Å². The normalized spacial score (nSPS) is 13.9. The van der Waals surface area contributed by atoms with Gasteiger partial charge in [0.05, 0.1) is 12.8 Å². The van der Waals surface area contributed by atoms with Crippen LogP contribution in [0.3, 0.4) is 0 Å². The van der Waals surface area contributed by atoms with Crippen molar-refractivity contribution in [3.8, 4) is 5.75 Å². The summed E-state index contributed by atoms with van der Waals surface area (Å²) in [6, 6.07) is 15.6. The zero-order chi connectivity index (χ0) is 26.0. The van der Waals surface area contributed by atoms with Gasteiger partial charge in [0.2, 0.25) is 5.91 Å². The van der Waals surface area contributed by atoms with E-state index in [-0.39, 0.29) is 11.6 Å². The van der Waals surface area contributed by atoms with Crippen molar-refractivity contribution in [1.29, 1.82) is 0 Å². The topological polar surface area (TPSA) is 95.1 Å². The molecule has 2 aromatic heterocycles. The van der Waals surface area contributed by atoms with Gasteiger partial charge in [0.15, 0.2) is 8.32 Å². The van der Waals surface area contributed by atoms with Crippen LogP contribution in [0.4, 0.5) is 0 Å². The molecule has 3 N–H and O–H groups in total. The molecule has 0 radical (unpaired) electrons.